The zero-order valence-corrected chi connectivity index (χ0v) is 9.02. The van der Waals surface area contributed by atoms with E-state index in [1.807, 2.05) is 18.2 Å². The van der Waals surface area contributed by atoms with Crippen LogP contribution in [0.5, 0.6) is 0 Å². The molecule has 1 N–H and O–H groups in total. The molecule has 0 aliphatic carbocycles. The van der Waals surface area contributed by atoms with Gasteiger partial charge in [-0.05, 0) is 5.56 Å². The van der Waals surface area contributed by atoms with Gasteiger partial charge in [0.2, 0.25) is 3.83 Å². The fourth-order valence-corrected chi connectivity index (χ4v) is 1.55. The zero-order valence-electron chi connectivity index (χ0n) is 6.87. The molecule has 2 rings (SSSR count). The monoisotopic (exact) mass is 285 g/mol. The Labute approximate surface area is 89.7 Å². The molecule has 4 heteroatoms. The molecule has 2 aromatic rings. The third-order valence-electron chi connectivity index (χ3n) is 1.72. The van der Waals surface area contributed by atoms with Gasteiger partial charge in [-0.2, -0.15) is 0 Å². The molecule has 0 radical (unpaired) electrons. The maximum Gasteiger partial charge on any atom is 0.211 e. The van der Waals surface area contributed by atoms with Crippen LogP contribution in [0.1, 0.15) is 11.4 Å². The van der Waals surface area contributed by atoms with E-state index in [0.717, 1.165) is 16.1 Å². The molecule has 3 nitrogen and oxygen atoms in total. The molecule has 0 aliphatic heterocycles. The van der Waals surface area contributed by atoms with Crippen molar-refractivity contribution in [2.45, 2.75) is 6.42 Å². The Morgan fingerprint density at radius 1 is 1.23 bits per heavy atom. The van der Waals surface area contributed by atoms with Crippen LogP contribution in [0.4, 0.5) is 0 Å². The van der Waals surface area contributed by atoms with Crippen LogP contribution in [0.3, 0.4) is 0 Å². The van der Waals surface area contributed by atoms with Gasteiger partial charge in [0.15, 0.2) is 0 Å². The van der Waals surface area contributed by atoms with E-state index >= 15 is 0 Å². The molecule has 66 valence electrons. The van der Waals surface area contributed by atoms with Crippen molar-refractivity contribution in [2.24, 2.45) is 0 Å². The van der Waals surface area contributed by atoms with Crippen molar-refractivity contribution in [1.82, 2.24) is 15.2 Å². The molecule has 1 heterocycles. The van der Waals surface area contributed by atoms with E-state index < -0.39 is 0 Å². The molecule has 0 saturated carbocycles. The number of rotatable bonds is 2. The quantitative estimate of drug-likeness (QED) is 0.857. The molecule has 0 fully saturated rings. The van der Waals surface area contributed by atoms with E-state index in [0.29, 0.717) is 0 Å². The predicted molar refractivity (Wildman–Crippen MR) is 58.3 cm³/mol. The van der Waals surface area contributed by atoms with Gasteiger partial charge >= 0.3 is 0 Å². The van der Waals surface area contributed by atoms with Crippen LogP contribution < -0.4 is 0 Å². The lowest BCUT2D eigenvalue weighted by atomic mass is 10.1. The van der Waals surface area contributed by atoms with E-state index in [9.17, 15) is 0 Å². The summed E-state index contributed by atoms with van der Waals surface area (Å²) in [6.07, 6.45) is 0.816. The zero-order chi connectivity index (χ0) is 9.10. The van der Waals surface area contributed by atoms with Gasteiger partial charge in [0.25, 0.3) is 0 Å². The van der Waals surface area contributed by atoms with E-state index in [4.69, 9.17) is 0 Å². The minimum absolute atomic E-state index is 0.767. The van der Waals surface area contributed by atoms with Gasteiger partial charge < -0.3 is 0 Å². The van der Waals surface area contributed by atoms with Crippen molar-refractivity contribution in [1.29, 1.82) is 0 Å². The number of H-pyrrole nitrogens is 1. The number of benzene rings is 1. The molecule has 0 unspecified atom stereocenters. The van der Waals surface area contributed by atoms with E-state index in [2.05, 4.69) is 49.9 Å². The van der Waals surface area contributed by atoms with E-state index in [1.54, 1.807) is 0 Å². The number of halogens is 1. The second-order valence-electron chi connectivity index (χ2n) is 2.71. The molecule has 13 heavy (non-hydrogen) atoms. The molecule has 0 amide bonds. The first kappa shape index (κ1) is 8.68. The van der Waals surface area contributed by atoms with Crippen molar-refractivity contribution in [3.63, 3.8) is 0 Å². The molecule has 0 aliphatic rings. The van der Waals surface area contributed by atoms with Crippen molar-refractivity contribution in [3.05, 3.63) is 45.6 Å². The molecular formula is C9H8IN3. The Hall–Kier alpha value is -0.910. The minimum atomic E-state index is 0.767. The van der Waals surface area contributed by atoms with Gasteiger partial charge in [-0.3, -0.25) is 5.10 Å². The molecule has 0 saturated heterocycles. The van der Waals surface area contributed by atoms with Gasteiger partial charge in [-0.15, -0.1) is 5.10 Å². The number of nitrogens with zero attached hydrogens (tertiary/aromatic N) is 2. The van der Waals surface area contributed by atoms with Crippen LogP contribution in [0, 0.1) is 3.83 Å². The molecule has 0 atom stereocenters. The highest BCUT2D eigenvalue weighted by Gasteiger charge is 2.00. The minimum Gasteiger partial charge on any atom is -0.262 e. The van der Waals surface area contributed by atoms with E-state index in [-0.39, 0.29) is 0 Å². The number of aromatic amines is 1. The van der Waals surface area contributed by atoms with Crippen LogP contribution in [-0.4, -0.2) is 15.2 Å². The summed E-state index contributed by atoms with van der Waals surface area (Å²) in [5.41, 5.74) is 1.25. The van der Waals surface area contributed by atoms with Crippen LogP contribution >= 0.6 is 22.6 Å². The predicted octanol–water partition coefficient (Wildman–Crippen LogP) is 2.00. The van der Waals surface area contributed by atoms with E-state index in [1.165, 1.54) is 5.56 Å². The lowest BCUT2D eigenvalue weighted by Crippen LogP contribution is -1.89. The van der Waals surface area contributed by atoms with Crippen LogP contribution in [-0.2, 0) is 6.42 Å². The Morgan fingerprint density at radius 2 is 2.00 bits per heavy atom. The summed E-state index contributed by atoms with van der Waals surface area (Å²) in [5.74, 6) is 0.913. The summed E-state index contributed by atoms with van der Waals surface area (Å²) in [5, 5.41) is 6.85. The second kappa shape index (κ2) is 3.87. The topological polar surface area (TPSA) is 41.6 Å². The van der Waals surface area contributed by atoms with Gasteiger partial charge in [-0.25, -0.2) is 4.98 Å². The summed E-state index contributed by atoms with van der Waals surface area (Å²) in [7, 11) is 0. The largest absolute Gasteiger partial charge is 0.262 e. The summed E-state index contributed by atoms with van der Waals surface area (Å²) in [4.78, 5) is 4.23. The fraction of sp³-hybridized carbons (Fsp3) is 0.111. The highest BCUT2D eigenvalue weighted by molar-refractivity contribution is 14.1. The molecule has 1 aromatic heterocycles. The number of aromatic nitrogens is 3. The van der Waals surface area contributed by atoms with Gasteiger partial charge in [-0.1, -0.05) is 30.3 Å². The van der Waals surface area contributed by atoms with Gasteiger partial charge in [0.1, 0.15) is 5.82 Å². The third-order valence-corrected chi connectivity index (χ3v) is 2.20. The maximum absolute atomic E-state index is 4.23. The van der Waals surface area contributed by atoms with Crippen LogP contribution in [0.25, 0.3) is 0 Å². The normalized spacial score (nSPS) is 10.2. The van der Waals surface area contributed by atoms with Gasteiger partial charge in [0, 0.05) is 29.0 Å². The summed E-state index contributed by atoms with van der Waals surface area (Å²) < 4.78 is 0.767. The molecule has 0 spiro atoms. The highest BCUT2D eigenvalue weighted by atomic mass is 127. The average Bonchev–Trinajstić information content (AvgIpc) is 2.53. The van der Waals surface area contributed by atoms with Crippen molar-refractivity contribution < 1.29 is 0 Å². The SMILES string of the molecule is Ic1n[nH]c(Cc2ccccc2)n1. The first-order chi connectivity index (χ1) is 6.34. The summed E-state index contributed by atoms with van der Waals surface area (Å²) in [6, 6.07) is 10.2. The summed E-state index contributed by atoms with van der Waals surface area (Å²) in [6.45, 7) is 0. The third kappa shape index (κ3) is 2.27. The summed E-state index contributed by atoms with van der Waals surface area (Å²) >= 11 is 2.09. The van der Waals surface area contributed by atoms with Crippen molar-refractivity contribution >= 4 is 22.6 Å². The number of nitrogens with one attached hydrogen (secondary N) is 1. The van der Waals surface area contributed by atoms with Crippen molar-refractivity contribution in [3.8, 4) is 0 Å². The maximum atomic E-state index is 4.23. The number of hydrogen-bond donors (Lipinski definition) is 1. The Kier molecular flexibility index (Phi) is 2.58. The molecular weight excluding hydrogens is 277 g/mol. The molecule has 1 aromatic carbocycles. The number of hydrogen-bond acceptors (Lipinski definition) is 2. The highest BCUT2D eigenvalue weighted by Crippen LogP contribution is 2.05. The molecule has 0 bridgehead atoms. The standard InChI is InChI=1S/C9H8IN3/c10-9-11-8(12-13-9)6-7-4-2-1-3-5-7/h1-5H,6H2,(H,11,12,13). The lowest BCUT2D eigenvalue weighted by molar-refractivity contribution is 0.971. The first-order valence-electron chi connectivity index (χ1n) is 3.95. The van der Waals surface area contributed by atoms with Crippen LogP contribution in [0.2, 0.25) is 0 Å². The van der Waals surface area contributed by atoms with Gasteiger partial charge in [0.05, 0.1) is 0 Å². The fourth-order valence-electron chi connectivity index (χ4n) is 1.14. The Bertz CT molecular complexity index is 383. The smallest absolute Gasteiger partial charge is 0.211 e. The van der Waals surface area contributed by atoms with Crippen molar-refractivity contribution in [2.75, 3.05) is 0 Å². The lowest BCUT2D eigenvalue weighted by Gasteiger charge is -1.95. The van der Waals surface area contributed by atoms with Crippen LogP contribution in [0.15, 0.2) is 30.3 Å². The second-order valence-corrected chi connectivity index (χ2v) is 3.68. The Balaban J connectivity index is 2.15. The average molecular weight is 285 g/mol. The Morgan fingerprint density at radius 3 is 2.62 bits per heavy atom. The first-order valence-corrected chi connectivity index (χ1v) is 5.03.